The minimum absolute atomic E-state index is 1.00. The molecule has 0 atom stereocenters. The van der Waals surface area contributed by atoms with E-state index in [-0.39, 0.29) is 0 Å². The summed E-state index contributed by atoms with van der Waals surface area (Å²) in [6, 6.07) is 0. The van der Waals surface area contributed by atoms with Gasteiger partial charge in [0, 0.05) is 26.4 Å². The third-order valence-corrected chi connectivity index (χ3v) is 8.87. The molecule has 4 saturated heterocycles. The van der Waals surface area contributed by atoms with Gasteiger partial charge in [-0.15, -0.1) is 0 Å². The maximum absolute atomic E-state index is 5.07. The zero-order chi connectivity index (χ0) is 23.3. The zero-order valence-corrected chi connectivity index (χ0v) is 23.8. The molecule has 4 heterocycles. The second-order valence-electron chi connectivity index (χ2n) is 9.87. The Bertz CT molecular complexity index is 221. The fourth-order valence-corrected chi connectivity index (χ4v) is 6.38. The Morgan fingerprint density at radius 1 is 0.242 bits per heavy atom. The fourth-order valence-electron chi connectivity index (χ4n) is 4.34. The van der Waals surface area contributed by atoms with E-state index in [0.717, 1.165) is 26.4 Å². The van der Waals surface area contributed by atoms with Crippen LogP contribution in [0.5, 0.6) is 0 Å². The van der Waals surface area contributed by atoms with Crippen LogP contribution >= 0.6 is 23.5 Å². The number of ether oxygens (including phenoxy) is 2. The Labute approximate surface area is 216 Å². The molecule has 6 fully saturated rings. The van der Waals surface area contributed by atoms with Crippen molar-refractivity contribution >= 4 is 23.5 Å². The van der Waals surface area contributed by atoms with Gasteiger partial charge in [0.05, 0.1) is 0 Å². The lowest BCUT2D eigenvalue weighted by atomic mass is 10.0. The van der Waals surface area contributed by atoms with E-state index in [1.807, 2.05) is 0 Å². The summed E-state index contributed by atoms with van der Waals surface area (Å²) in [5.41, 5.74) is 0. The Balaban J connectivity index is 0.000000198. The monoisotopic (exact) mass is 502 g/mol. The zero-order valence-electron chi connectivity index (χ0n) is 22.1. The van der Waals surface area contributed by atoms with Crippen LogP contribution in [0, 0.1) is 0 Å². The predicted molar refractivity (Wildman–Crippen MR) is 153 cm³/mol. The van der Waals surface area contributed by atoms with Crippen LogP contribution in [0.1, 0.15) is 135 Å². The second-order valence-corrected chi connectivity index (χ2v) is 12.3. The first kappa shape index (κ1) is 31.6. The molecule has 0 aromatic heterocycles. The Morgan fingerprint density at radius 3 is 0.606 bits per heavy atom. The molecule has 2 saturated carbocycles. The van der Waals surface area contributed by atoms with Gasteiger partial charge < -0.3 is 9.47 Å². The van der Waals surface area contributed by atoms with E-state index >= 15 is 0 Å². The predicted octanol–water partition coefficient (Wildman–Crippen LogP) is 9.69. The van der Waals surface area contributed by atoms with Gasteiger partial charge in [0.2, 0.25) is 0 Å². The molecule has 0 aromatic rings. The fraction of sp³-hybridized carbons (Fsp3) is 1.00. The lowest BCUT2D eigenvalue weighted by Gasteiger charge is -2.08. The minimum atomic E-state index is 1.00. The SMILES string of the molecule is C1CCCC1.C1CCCCC1.C1CCOC1.C1CCOCC1.C1CCSC1.C1CCSCC1. The van der Waals surface area contributed by atoms with Crippen LogP contribution in [-0.4, -0.2) is 49.4 Å². The van der Waals surface area contributed by atoms with Gasteiger partial charge in [-0.25, -0.2) is 0 Å². The van der Waals surface area contributed by atoms with Crippen LogP contribution in [0.15, 0.2) is 0 Å². The molecule has 0 bridgehead atoms. The highest BCUT2D eigenvalue weighted by Gasteiger charge is 1.98. The van der Waals surface area contributed by atoms with Gasteiger partial charge in [-0.1, -0.05) is 77.0 Å². The molecule has 33 heavy (non-hydrogen) atoms. The molecule has 6 rings (SSSR count). The lowest BCUT2D eigenvalue weighted by Crippen LogP contribution is -2.03. The van der Waals surface area contributed by atoms with Gasteiger partial charge in [0.1, 0.15) is 0 Å². The summed E-state index contributed by atoms with van der Waals surface area (Å²) in [6.07, 6.45) is 30.3. The van der Waals surface area contributed by atoms with Crippen molar-refractivity contribution < 1.29 is 9.47 Å². The molecule has 0 aromatic carbocycles. The first-order chi connectivity index (χ1) is 16.5. The summed E-state index contributed by atoms with van der Waals surface area (Å²) in [4.78, 5) is 0. The molecule has 4 aliphatic heterocycles. The standard InChI is InChI=1S/C6H12.C5H10O.C5H10S.C5H10.C4H8O.C4H8S/c3*1-2-4-6-5-3-1;3*1-2-4-5-3-1/h1-6H2;2*1-5H2;1-5H2;2*1-4H2. The average molecular weight is 503 g/mol. The van der Waals surface area contributed by atoms with Gasteiger partial charge in [0.15, 0.2) is 0 Å². The summed E-state index contributed by atoms with van der Waals surface area (Å²) in [7, 11) is 0. The first-order valence-electron chi connectivity index (χ1n) is 14.8. The van der Waals surface area contributed by atoms with Crippen LogP contribution in [0.4, 0.5) is 0 Å². The molecule has 2 nitrogen and oxygen atoms in total. The van der Waals surface area contributed by atoms with E-state index in [1.54, 1.807) is 0 Å². The summed E-state index contributed by atoms with van der Waals surface area (Å²) >= 11 is 4.17. The highest BCUT2D eigenvalue weighted by atomic mass is 32.2. The highest BCUT2D eigenvalue weighted by Crippen LogP contribution is 2.16. The largest absolute Gasteiger partial charge is 0.381 e. The van der Waals surface area contributed by atoms with Gasteiger partial charge in [0.25, 0.3) is 0 Å². The lowest BCUT2D eigenvalue weighted by molar-refractivity contribution is 0.0968. The Kier molecular flexibility index (Phi) is 27.7. The van der Waals surface area contributed by atoms with Crippen LogP contribution in [0.25, 0.3) is 0 Å². The van der Waals surface area contributed by atoms with Gasteiger partial charge in [-0.05, 0) is 80.8 Å². The maximum atomic E-state index is 5.07. The first-order valence-corrected chi connectivity index (χ1v) is 17.1. The smallest absolute Gasteiger partial charge is 0.0466 e. The van der Waals surface area contributed by atoms with Crippen LogP contribution in [-0.2, 0) is 9.47 Å². The molecule has 0 N–H and O–H groups in total. The maximum Gasteiger partial charge on any atom is 0.0466 e. The van der Waals surface area contributed by atoms with Gasteiger partial charge in [-0.2, -0.15) is 23.5 Å². The van der Waals surface area contributed by atoms with Crippen molar-refractivity contribution in [3.05, 3.63) is 0 Å². The molecule has 2 aliphatic carbocycles. The summed E-state index contributed by atoms with van der Waals surface area (Å²) in [6.45, 7) is 4.00. The summed E-state index contributed by atoms with van der Waals surface area (Å²) in [5, 5.41) is 0. The summed E-state index contributed by atoms with van der Waals surface area (Å²) < 4.78 is 10.0. The molecule has 198 valence electrons. The van der Waals surface area contributed by atoms with E-state index < -0.39 is 0 Å². The van der Waals surface area contributed by atoms with Gasteiger partial charge >= 0.3 is 0 Å². The quantitative estimate of drug-likeness (QED) is 0.328. The molecule has 0 radical (unpaired) electrons. The van der Waals surface area contributed by atoms with Crippen molar-refractivity contribution in [1.82, 2.24) is 0 Å². The third kappa shape index (κ3) is 27.1. The second kappa shape index (κ2) is 28.9. The van der Waals surface area contributed by atoms with E-state index in [9.17, 15) is 0 Å². The molecule has 0 unspecified atom stereocenters. The topological polar surface area (TPSA) is 18.5 Å². The molecular weight excluding hydrogens is 444 g/mol. The average Bonchev–Trinajstić information content (AvgIpc) is 3.76. The van der Waals surface area contributed by atoms with E-state index in [0.29, 0.717) is 0 Å². The number of thioether (sulfide) groups is 2. The van der Waals surface area contributed by atoms with E-state index in [4.69, 9.17) is 9.47 Å². The minimum Gasteiger partial charge on any atom is -0.381 e. The number of rotatable bonds is 0. The third-order valence-electron chi connectivity index (χ3n) is 6.56. The van der Waals surface area contributed by atoms with Crippen molar-refractivity contribution in [2.75, 3.05) is 49.4 Å². The molecule has 0 spiro atoms. The van der Waals surface area contributed by atoms with E-state index in [2.05, 4.69) is 23.5 Å². The molecule has 4 heteroatoms. The van der Waals surface area contributed by atoms with Crippen LogP contribution in [0.2, 0.25) is 0 Å². The van der Waals surface area contributed by atoms with Crippen molar-refractivity contribution in [3.8, 4) is 0 Å². The van der Waals surface area contributed by atoms with Crippen molar-refractivity contribution in [2.45, 2.75) is 135 Å². The normalized spacial score (nSPS) is 24.0. The Hall–Kier alpha value is 0.620. The van der Waals surface area contributed by atoms with E-state index in [1.165, 1.54) is 158 Å². The Morgan fingerprint density at radius 2 is 0.455 bits per heavy atom. The molecule has 0 amide bonds. The highest BCUT2D eigenvalue weighted by molar-refractivity contribution is 7.99. The van der Waals surface area contributed by atoms with Gasteiger partial charge in [-0.3, -0.25) is 0 Å². The molecular formula is C29H58O2S2. The number of hydrogen-bond acceptors (Lipinski definition) is 4. The van der Waals surface area contributed by atoms with Crippen molar-refractivity contribution in [3.63, 3.8) is 0 Å². The molecule has 6 aliphatic rings. The van der Waals surface area contributed by atoms with Crippen molar-refractivity contribution in [2.24, 2.45) is 0 Å². The van der Waals surface area contributed by atoms with Crippen molar-refractivity contribution in [1.29, 1.82) is 0 Å². The van der Waals surface area contributed by atoms with Crippen LogP contribution in [0.3, 0.4) is 0 Å². The summed E-state index contributed by atoms with van der Waals surface area (Å²) in [5.74, 6) is 5.67. The number of hydrogen-bond donors (Lipinski definition) is 0. The van der Waals surface area contributed by atoms with Crippen LogP contribution < -0.4 is 0 Å².